The van der Waals surface area contributed by atoms with E-state index in [2.05, 4.69) is 40.9 Å². The lowest BCUT2D eigenvalue weighted by atomic mass is 10.3. The fourth-order valence-corrected chi connectivity index (χ4v) is 3.45. The van der Waals surface area contributed by atoms with Crippen LogP contribution in [0.1, 0.15) is 10.6 Å². The summed E-state index contributed by atoms with van der Waals surface area (Å²) in [5, 5.41) is 9.73. The van der Waals surface area contributed by atoms with E-state index in [4.69, 9.17) is 4.42 Å². The lowest BCUT2D eigenvalue weighted by Gasteiger charge is -2.07. The predicted molar refractivity (Wildman–Crippen MR) is 85.7 cm³/mol. The molecule has 0 bridgehead atoms. The smallest absolute Gasteiger partial charge is 0.287 e. The molecule has 2 aromatic heterocycles. The molecule has 0 unspecified atom stereocenters. The Morgan fingerprint density at radius 3 is 2.75 bits per heavy atom. The Bertz CT molecular complexity index is 981. The van der Waals surface area contributed by atoms with E-state index in [0.717, 1.165) is 0 Å². The topological polar surface area (TPSA) is 127 Å². The summed E-state index contributed by atoms with van der Waals surface area (Å²) >= 11 is 3.09. The molecule has 0 fully saturated rings. The highest BCUT2D eigenvalue weighted by Gasteiger charge is 2.20. The minimum atomic E-state index is -3.81. The molecule has 9 nitrogen and oxygen atoms in total. The summed E-state index contributed by atoms with van der Waals surface area (Å²) in [5.74, 6) is -0.314. The maximum Gasteiger partial charge on any atom is 0.287 e. The van der Waals surface area contributed by atoms with Crippen LogP contribution in [0.25, 0.3) is 11.0 Å². The maximum absolute atomic E-state index is 12.3. The van der Waals surface area contributed by atoms with Gasteiger partial charge in [0.25, 0.3) is 5.91 Å². The molecular formula is C13H11BrN4O5S. The number of amides is 1. The number of hydrogen-bond donors (Lipinski definition) is 2. The number of fused-ring (bicyclic) bond motifs is 1. The summed E-state index contributed by atoms with van der Waals surface area (Å²) in [6, 6.07) is 7.62. The number of carbonyl (C=O) groups is 1. The van der Waals surface area contributed by atoms with E-state index in [1.54, 1.807) is 12.1 Å². The number of benzene rings is 1. The molecule has 1 amide bonds. The number of nitrogens with zero attached hydrogens (tertiary/aromatic N) is 2. The molecule has 0 spiro atoms. The molecule has 0 saturated carbocycles. The van der Waals surface area contributed by atoms with Gasteiger partial charge in [0.05, 0.1) is 0 Å². The standard InChI is InChI=1S/C13H11BrN4O5S/c14-11-5-4-9(22-11)13(19)15-6-7-16-24(20,21)10-3-1-2-8-12(10)18-23-17-8/h1-5,16H,6-7H2,(H,15,19). The lowest BCUT2D eigenvalue weighted by Crippen LogP contribution is -2.34. The number of hydrogen-bond acceptors (Lipinski definition) is 7. The van der Waals surface area contributed by atoms with E-state index < -0.39 is 15.9 Å². The van der Waals surface area contributed by atoms with Crippen LogP contribution in [0.3, 0.4) is 0 Å². The minimum absolute atomic E-state index is 0.00236. The van der Waals surface area contributed by atoms with Gasteiger partial charge in [-0.1, -0.05) is 6.07 Å². The number of sulfonamides is 1. The summed E-state index contributed by atoms with van der Waals surface area (Å²) in [7, 11) is -3.81. The number of aromatic nitrogens is 2. The van der Waals surface area contributed by atoms with Gasteiger partial charge in [0, 0.05) is 13.1 Å². The van der Waals surface area contributed by atoms with E-state index in [-0.39, 0.29) is 29.3 Å². The summed E-state index contributed by atoms with van der Waals surface area (Å²) in [4.78, 5) is 11.7. The number of carbonyl (C=O) groups excluding carboxylic acids is 1. The van der Waals surface area contributed by atoms with Crippen LogP contribution in [0.5, 0.6) is 0 Å². The van der Waals surface area contributed by atoms with Crippen LogP contribution in [0.15, 0.2) is 48.9 Å². The average molecular weight is 415 g/mol. The second-order valence-electron chi connectivity index (χ2n) is 4.65. The summed E-state index contributed by atoms with van der Waals surface area (Å²) < 4.78 is 37.1. The van der Waals surface area contributed by atoms with Gasteiger partial charge < -0.3 is 9.73 Å². The van der Waals surface area contributed by atoms with Crippen molar-refractivity contribution in [3.63, 3.8) is 0 Å². The molecule has 3 aromatic rings. The number of nitrogens with one attached hydrogen (secondary N) is 2. The van der Waals surface area contributed by atoms with Crippen LogP contribution >= 0.6 is 15.9 Å². The van der Waals surface area contributed by atoms with Crippen molar-refractivity contribution < 1.29 is 22.3 Å². The fourth-order valence-electron chi connectivity index (χ4n) is 1.96. The molecule has 0 atom stereocenters. The van der Waals surface area contributed by atoms with E-state index in [1.165, 1.54) is 18.2 Å². The molecule has 24 heavy (non-hydrogen) atoms. The van der Waals surface area contributed by atoms with Gasteiger partial charge >= 0.3 is 0 Å². The first-order chi connectivity index (χ1) is 11.5. The summed E-state index contributed by atoms with van der Waals surface area (Å²) in [5.41, 5.74) is 0.490. The van der Waals surface area contributed by atoms with E-state index in [1.807, 2.05) is 0 Å². The molecule has 3 rings (SSSR count). The largest absolute Gasteiger partial charge is 0.444 e. The van der Waals surface area contributed by atoms with Crippen molar-refractivity contribution in [1.29, 1.82) is 0 Å². The van der Waals surface area contributed by atoms with Crippen LogP contribution in [-0.2, 0) is 10.0 Å². The molecule has 126 valence electrons. The number of furan rings is 1. The molecule has 0 aliphatic rings. The average Bonchev–Trinajstić information content (AvgIpc) is 3.19. The highest BCUT2D eigenvalue weighted by atomic mass is 79.9. The van der Waals surface area contributed by atoms with Gasteiger partial charge in [-0.05, 0) is 50.5 Å². The van der Waals surface area contributed by atoms with Gasteiger partial charge in [0.2, 0.25) is 10.0 Å². The first kappa shape index (κ1) is 16.6. The van der Waals surface area contributed by atoms with Crippen LogP contribution < -0.4 is 10.0 Å². The second-order valence-corrected chi connectivity index (χ2v) is 7.16. The fraction of sp³-hybridized carbons (Fsp3) is 0.154. The molecule has 1 aromatic carbocycles. The van der Waals surface area contributed by atoms with Crippen molar-refractivity contribution in [2.45, 2.75) is 4.90 Å². The molecular weight excluding hydrogens is 404 g/mol. The maximum atomic E-state index is 12.3. The van der Waals surface area contributed by atoms with Crippen molar-refractivity contribution in [3.8, 4) is 0 Å². The van der Waals surface area contributed by atoms with E-state index in [9.17, 15) is 13.2 Å². The Kier molecular flexibility index (Phi) is 4.64. The molecule has 2 N–H and O–H groups in total. The highest BCUT2D eigenvalue weighted by Crippen LogP contribution is 2.19. The van der Waals surface area contributed by atoms with Crippen molar-refractivity contribution in [2.24, 2.45) is 0 Å². The molecule has 0 saturated heterocycles. The van der Waals surface area contributed by atoms with Crippen LogP contribution in [0.2, 0.25) is 0 Å². The molecule has 11 heteroatoms. The van der Waals surface area contributed by atoms with Crippen molar-refractivity contribution >= 4 is 42.9 Å². The SMILES string of the molecule is O=C(NCCNS(=O)(=O)c1cccc2nonc12)c1ccc(Br)o1. The monoisotopic (exact) mass is 414 g/mol. The van der Waals surface area contributed by atoms with Gasteiger partial charge in [-0.3, -0.25) is 4.79 Å². The summed E-state index contributed by atoms with van der Waals surface area (Å²) in [6.07, 6.45) is 0. The zero-order chi connectivity index (χ0) is 17.2. The third-order valence-electron chi connectivity index (χ3n) is 3.04. The molecule has 0 aliphatic heterocycles. The molecule has 2 heterocycles. The van der Waals surface area contributed by atoms with Gasteiger partial charge in [0.15, 0.2) is 15.9 Å². The molecule has 0 aliphatic carbocycles. The Hall–Kier alpha value is -2.24. The third kappa shape index (κ3) is 3.47. The van der Waals surface area contributed by atoms with Gasteiger partial charge in [-0.2, -0.15) is 0 Å². The zero-order valence-corrected chi connectivity index (χ0v) is 14.4. The predicted octanol–water partition coefficient (Wildman–Crippen LogP) is 1.29. The van der Waals surface area contributed by atoms with E-state index >= 15 is 0 Å². The first-order valence-electron chi connectivity index (χ1n) is 6.72. The van der Waals surface area contributed by atoms with Crippen LogP contribution in [0, 0.1) is 0 Å². The molecule has 0 radical (unpaired) electrons. The Morgan fingerprint density at radius 2 is 2.00 bits per heavy atom. The quantitative estimate of drug-likeness (QED) is 0.581. The number of rotatable bonds is 6. The highest BCUT2D eigenvalue weighted by molar-refractivity contribution is 9.10. The van der Waals surface area contributed by atoms with Crippen molar-refractivity contribution in [2.75, 3.05) is 13.1 Å². The number of halogens is 1. The van der Waals surface area contributed by atoms with E-state index in [0.29, 0.717) is 10.2 Å². The Labute approximate surface area is 144 Å². The lowest BCUT2D eigenvalue weighted by molar-refractivity contribution is 0.0925. The van der Waals surface area contributed by atoms with Crippen LogP contribution in [-0.4, -0.2) is 37.7 Å². The normalized spacial score (nSPS) is 11.7. The van der Waals surface area contributed by atoms with Crippen molar-refractivity contribution in [1.82, 2.24) is 20.4 Å². The van der Waals surface area contributed by atoms with Crippen molar-refractivity contribution in [3.05, 3.63) is 40.8 Å². The van der Waals surface area contributed by atoms with Gasteiger partial charge in [-0.15, -0.1) is 0 Å². The third-order valence-corrected chi connectivity index (χ3v) is 4.96. The first-order valence-corrected chi connectivity index (χ1v) is 8.99. The summed E-state index contributed by atoms with van der Waals surface area (Å²) in [6.45, 7) is 0.0844. The van der Waals surface area contributed by atoms with Gasteiger partial charge in [-0.25, -0.2) is 17.8 Å². The zero-order valence-electron chi connectivity index (χ0n) is 12.0. The van der Waals surface area contributed by atoms with Crippen LogP contribution in [0.4, 0.5) is 0 Å². The minimum Gasteiger partial charge on any atom is -0.444 e. The second kappa shape index (κ2) is 6.71. The Balaban J connectivity index is 1.60. The van der Waals surface area contributed by atoms with Gasteiger partial charge in [0.1, 0.15) is 10.4 Å². The Morgan fingerprint density at radius 1 is 1.17 bits per heavy atom.